The highest BCUT2D eigenvalue weighted by Gasteiger charge is 2.04. The van der Waals surface area contributed by atoms with E-state index in [9.17, 15) is 5.11 Å². The highest BCUT2D eigenvalue weighted by Crippen LogP contribution is 2.14. The van der Waals surface area contributed by atoms with Crippen molar-refractivity contribution in [3.05, 3.63) is 59.7 Å². The summed E-state index contributed by atoms with van der Waals surface area (Å²) in [4.78, 5) is 8.69. The van der Waals surface area contributed by atoms with Gasteiger partial charge in [-0.25, -0.2) is 0 Å². The SMILES string of the molecule is OC1CN=Cc2ccccc2NCCNc2ccccc2C=NC1. The van der Waals surface area contributed by atoms with Gasteiger partial charge in [-0.1, -0.05) is 36.4 Å². The molecule has 0 aromatic heterocycles. The predicted molar refractivity (Wildman–Crippen MR) is 101 cm³/mol. The highest BCUT2D eigenvalue weighted by molar-refractivity contribution is 5.88. The molecule has 0 radical (unpaired) electrons. The Labute approximate surface area is 142 Å². The van der Waals surface area contributed by atoms with Crippen molar-refractivity contribution in [1.29, 1.82) is 0 Å². The minimum absolute atomic E-state index is 0.339. The van der Waals surface area contributed by atoms with Gasteiger partial charge in [0.2, 0.25) is 0 Å². The van der Waals surface area contributed by atoms with E-state index in [0.717, 1.165) is 35.6 Å². The lowest BCUT2D eigenvalue weighted by atomic mass is 10.2. The molecule has 5 heteroatoms. The number of aliphatic hydroxyl groups is 1. The van der Waals surface area contributed by atoms with Gasteiger partial charge >= 0.3 is 0 Å². The van der Waals surface area contributed by atoms with E-state index in [4.69, 9.17) is 0 Å². The van der Waals surface area contributed by atoms with E-state index < -0.39 is 6.10 Å². The number of nitrogens with zero attached hydrogens (tertiary/aromatic N) is 2. The van der Waals surface area contributed by atoms with Crippen LogP contribution in [0.25, 0.3) is 0 Å². The molecule has 3 N–H and O–H groups in total. The molecular formula is C19H22N4O. The van der Waals surface area contributed by atoms with E-state index in [1.807, 2.05) is 48.5 Å². The van der Waals surface area contributed by atoms with Gasteiger partial charge in [-0.2, -0.15) is 0 Å². The average Bonchev–Trinajstić information content (AvgIpc) is 2.61. The Morgan fingerprint density at radius 1 is 0.750 bits per heavy atom. The van der Waals surface area contributed by atoms with E-state index in [1.165, 1.54) is 0 Å². The molecule has 5 nitrogen and oxygen atoms in total. The highest BCUT2D eigenvalue weighted by atomic mass is 16.3. The smallest absolute Gasteiger partial charge is 0.0929 e. The summed E-state index contributed by atoms with van der Waals surface area (Å²) in [6.07, 6.45) is 3.02. The van der Waals surface area contributed by atoms with Crippen LogP contribution in [0.3, 0.4) is 0 Å². The van der Waals surface area contributed by atoms with Crippen molar-refractivity contribution < 1.29 is 5.11 Å². The zero-order chi connectivity index (χ0) is 16.6. The van der Waals surface area contributed by atoms with Crippen LogP contribution < -0.4 is 10.6 Å². The molecule has 3 rings (SSSR count). The molecule has 0 saturated carbocycles. The second kappa shape index (κ2) is 8.26. The molecule has 0 amide bonds. The Morgan fingerprint density at radius 2 is 1.21 bits per heavy atom. The maximum absolute atomic E-state index is 10.0. The number of aliphatic imine (C=N–C) groups is 2. The molecule has 0 unspecified atom stereocenters. The number of aliphatic hydroxyl groups excluding tert-OH is 1. The summed E-state index contributed by atoms with van der Waals surface area (Å²) in [5, 5.41) is 16.9. The largest absolute Gasteiger partial charge is 0.389 e. The van der Waals surface area contributed by atoms with Crippen molar-refractivity contribution >= 4 is 23.8 Å². The normalized spacial score (nSPS) is 18.3. The van der Waals surface area contributed by atoms with Crippen molar-refractivity contribution in [2.45, 2.75) is 6.10 Å². The fourth-order valence-electron chi connectivity index (χ4n) is 2.54. The Morgan fingerprint density at radius 3 is 1.71 bits per heavy atom. The van der Waals surface area contributed by atoms with Gasteiger partial charge in [0, 0.05) is 48.0 Å². The summed E-state index contributed by atoms with van der Waals surface area (Å²) >= 11 is 0. The lowest BCUT2D eigenvalue weighted by molar-refractivity contribution is 0.193. The van der Waals surface area contributed by atoms with Crippen LogP contribution in [0.5, 0.6) is 0 Å². The van der Waals surface area contributed by atoms with Gasteiger partial charge in [-0.15, -0.1) is 0 Å². The Bertz CT molecular complexity index is 665. The van der Waals surface area contributed by atoms with E-state index in [1.54, 1.807) is 12.4 Å². The monoisotopic (exact) mass is 322 g/mol. The topological polar surface area (TPSA) is 69.0 Å². The van der Waals surface area contributed by atoms with Gasteiger partial charge < -0.3 is 15.7 Å². The van der Waals surface area contributed by atoms with Gasteiger partial charge in [-0.05, 0) is 12.1 Å². The average molecular weight is 322 g/mol. The number of para-hydroxylation sites is 2. The molecule has 1 heterocycles. The number of anilines is 2. The molecule has 1 aliphatic rings. The molecule has 0 bridgehead atoms. The first-order chi connectivity index (χ1) is 11.8. The van der Waals surface area contributed by atoms with Crippen molar-refractivity contribution in [3.63, 3.8) is 0 Å². The number of nitrogens with one attached hydrogen (secondary N) is 2. The number of hydrogen-bond donors (Lipinski definition) is 3. The first-order valence-electron chi connectivity index (χ1n) is 8.16. The van der Waals surface area contributed by atoms with Crippen LogP contribution in [0.1, 0.15) is 11.1 Å². The third kappa shape index (κ3) is 4.43. The predicted octanol–water partition coefficient (Wildman–Crippen LogP) is 2.42. The van der Waals surface area contributed by atoms with E-state index in [2.05, 4.69) is 20.6 Å². The Kier molecular flexibility index (Phi) is 5.58. The third-order valence-electron chi connectivity index (χ3n) is 3.77. The van der Waals surface area contributed by atoms with Gasteiger partial charge in [0.25, 0.3) is 0 Å². The van der Waals surface area contributed by atoms with Crippen LogP contribution >= 0.6 is 0 Å². The van der Waals surface area contributed by atoms with Crippen molar-refractivity contribution in [2.75, 3.05) is 36.8 Å². The van der Waals surface area contributed by atoms with Gasteiger partial charge in [-0.3, -0.25) is 9.98 Å². The molecular weight excluding hydrogens is 300 g/mol. The van der Waals surface area contributed by atoms with Crippen LogP contribution in [-0.2, 0) is 0 Å². The summed E-state index contributed by atoms with van der Waals surface area (Å²) in [7, 11) is 0. The molecule has 1 aliphatic heterocycles. The first kappa shape index (κ1) is 16.2. The van der Waals surface area contributed by atoms with Crippen molar-refractivity contribution in [1.82, 2.24) is 0 Å². The number of benzene rings is 2. The molecule has 0 spiro atoms. The molecule has 124 valence electrons. The van der Waals surface area contributed by atoms with E-state index in [0.29, 0.717) is 13.1 Å². The minimum Gasteiger partial charge on any atom is -0.389 e. The summed E-state index contributed by atoms with van der Waals surface area (Å²) in [6.45, 7) is 2.26. The summed E-state index contributed by atoms with van der Waals surface area (Å²) in [5.41, 5.74) is 4.11. The summed E-state index contributed by atoms with van der Waals surface area (Å²) in [5.74, 6) is 0. The van der Waals surface area contributed by atoms with Crippen LogP contribution in [0.15, 0.2) is 58.5 Å². The van der Waals surface area contributed by atoms with Crippen LogP contribution in [0.2, 0.25) is 0 Å². The number of hydrogen-bond acceptors (Lipinski definition) is 5. The zero-order valence-corrected chi connectivity index (χ0v) is 13.5. The zero-order valence-electron chi connectivity index (χ0n) is 13.5. The second-order valence-electron chi connectivity index (χ2n) is 5.67. The van der Waals surface area contributed by atoms with Crippen LogP contribution in [0, 0.1) is 0 Å². The maximum atomic E-state index is 10.0. The fraction of sp³-hybridized carbons (Fsp3) is 0.263. The van der Waals surface area contributed by atoms with Crippen LogP contribution in [-0.4, -0.2) is 49.8 Å². The fourth-order valence-corrected chi connectivity index (χ4v) is 2.54. The quantitative estimate of drug-likeness (QED) is 0.698. The number of rotatable bonds is 0. The Balaban J connectivity index is 1.81. The van der Waals surface area contributed by atoms with E-state index >= 15 is 0 Å². The summed E-state index contributed by atoms with van der Waals surface area (Å²) < 4.78 is 0. The standard InChI is InChI=1S/C19H22N4O/c24-17-13-20-11-15-5-1-3-7-18(15)22-9-10-23-19-8-4-2-6-16(19)12-21-14-17/h1-8,11-12,17,22-24H,9-10,13-14H2. The van der Waals surface area contributed by atoms with Crippen molar-refractivity contribution in [2.24, 2.45) is 9.98 Å². The van der Waals surface area contributed by atoms with E-state index in [-0.39, 0.29) is 0 Å². The first-order valence-corrected chi connectivity index (χ1v) is 8.16. The van der Waals surface area contributed by atoms with Crippen LogP contribution in [0.4, 0.5) is 11.4 Å². The molecule has 0 saturated heterocycles. The molecule has 0 atom stereocenters. The molecule has 24 heavy (non-hydrogen) atoms. The Hall–Kier alpha value is -2.66. The molecule has 0 fully saturated rings. The lowest BCUT2D eigenvalue weighted by Crippen LogP contribution is -2.15. The van der Waals surface area contributed by atoms with Gasteiger partial charge in [0.15, 0.2) is 0 Å². The number of fused-ring (bicyclic) bond motifs is 2. The second-order valence-corrected chi connectivity index (χ2v) is 5.67. The molecule has 0 aliphatic carbocycles. The molecule has 2 aromatic carbocycles. The van der Waals surface area contributed by atoms with Crippen molar-refractivity contribution in [3.8, 4) is 0 Å². The van der Waals surface area contributed by atoms with Gasteiger partial charge in [0.05, 0.1) is 19.2 Å². The van der Waals surface area contributed by atoms with Gasteiger partial charge in [0.1, 0.15) is 0 Å². The minimum atomic E-state index is -0.581. The lowest BCUT2D eigenvalue weighted by Gasteiger charge is -2.12. The maximum Gasteiger partial charge on any atom is 0.0929 e. The summed E-state index contributed by atoms with van der Waals surface area (Å²) in [6, 6.07) is 16.1. The third-order valence-corrected chi connectivity index (χ3v) is 3.77. The molecule has 2 aromatic rings.